The summed E-state index contributed by atoms with van der Waals surface area (Å²) in [6.45, 7) is 2.27. The van der Waals surface area contributed by atoms with E-state index in [1.54, 1.807) is 6.20 Å². The highest BCUT2D eigenvalue weighted by molar-refractivity contribution is 5.70. The van der Waals surface area contributed by atoms with Gasteiger partial charge in [0, 0.05) is 12.4 Å². The van der Waals surface area contributed by atoms with Crippen LogP contribution in [-0.2, 0) is 11.2 Å². The lowest BCUT2D eigenvalue weighted by atomic mass is 10.0. The molecule has 1 rings (SSSR count). The number of rotatable bonds is 13. The fourth-order valence-electron chi connectivity index (χ4n) is 2.98. The largest absolute Gasteiger partial charge is 0.452 e. The van der Waals surface area contributed by atoms with E-state index in [4.69, 9.17) is 4.74 Å². The van der Waals surface area contributed by atoms with Crippen molar-refractivity contribution >= 4 is 6.09 Å². The summed E-state index contributed by atoms with van der Waals surface area (Å²) in [5.74, 6) is 0. The Hall–Kier alpha value is -1.25. The van der Waals surface area contributed by atoms with Gasteiger partial charge < -0.3 is 4.74 Å². The Balaban J connectivity index is 1.90. The molecule has 3 nitrogen and oxygen atoms in total. The van der Waals surface area contributed by atoms with Crippen LogP contribution in [0.15, 0.2) is 18.5 Å². The molecule has 0 aliphatic rings. The van der Waals surface area contributed by atoms with Gasteiger partial charge in [0.1, 0.15) is 0 Å². The number of carbonyl (C=O) groups is 1. The Bertz CT molecular complexity index is 412. The van der Waals surface area contributed by atoms with Gasteiger partial charge in [-0.25, -0.2) is 4.79 Å². The third kappa shape index (κ3) is 9.47. The lowest BCUT2D eigenvalue weighted by molar-refractivity contribution is 0.173. The average molecular weight is 322 g/mol. The third-order valence-electron chi connectivity index (χ3n) is 4.46. The normalized spacial score (nSPS) is 10.9. The van der Waals surface area contributed by atoms with Crippen LogP contribution in [-0.4, -0.2) is 17.8 Å². The molecule has 1 heterocycles. The fourth-order valence-corrected chi connectivity index (χ4v) is 2.98. The van der Waals surface area contributed by atoms with Gasteiger partial charge in [-0.3, -0.25) is 4.57 Å². The van der Waals surface area contributed by atoms with Crippen LogP contribution in [0.25, 0.3) is 0 Å². The van der Waals surface area contributed by atoms with Crippen molar-refractivity contribution in [3.05, 3.63) is 24.0 Å². The van der Waals surface area contributed by atoms with Gasteiger partial charge in [0.25, 0.3) is 0 Å². The SMILES string of the molecule is CCCCCCCCCCCCCCc1ccn(C(=O)OC)c1. The lowest BCUT2D eigenvalue weighted by Crippen LogP contribution is -2.08. The van der Waals surface area contributed by atoms with Crippen LogP contribution >= 0.6 is 0 Å². The minimum atomic E-state index is -0.314. The molecule has 23 heavy (non-hydrogen) atoms. The first kappa shape index (κ1) is 19.8. The van der Waals surface area contributed by atoms with Crippen molar-refractivity contribution in [2.45, 2.75) is 90.4 Å². The summed E-state index contributed by atoms with van der Waals surface area (Å²) in [4.78, 5) is 11.3. The summed E-state index contributed by atoms with van der Waals surface area (Å²) in [7, 11) is 1.41. The van der Waals surface area contributed by atoms with E-state index in [0.717, 1.165) is 6.42 Å². The summed E-state index contributed by atoms with van der Waals surface area (Å²) in [5.41, 5.74) is 1.22. The molecule has 0 atom stereocenters. The zero-order valence-corrected chi connectivity index (χ0v) is 15.2. The number of aromatic nitrogens is 1. The maximum absolute atomic E-state index is 11.3. The second-order valence-corrected chi connectivity index (χ2v) is 6.54. The molecule has 0 N–H and O–H groups in total. The van der Waals surface area contributed by atoms with E-state index in [9.17, 15) is 4.79 Å². The number of hydrogen-bond acceptors (Lipinski definition) is 2. The zero-order chi connectivity index (χ0) is 16.8. The molecule has 0 saturated heterocycles. The standard InChI is InChI=1S/C20H35NO2/c1-3-4-5-6-7-8-9-10-11-12-13-14-15-19-16-17-21(18-19)20(22)23-2/h16-18H,3-15H2,1-2H3. The molecular weight excluding hydrogens is 286 g/mol. The Kier molecular flexibility index (Phi) is 11.4. The molecule has 0 aliphatic heterocycles. The number of ether oxygens (including phenoxy) is 1. The highest BCUT2D eigenvalue weighted by atomic mass is 16.5. The van der Waals surface area contributed by atoms with E-state index in [0.29, 0.717) is 0 Å². The van der Waals surface area contributed by atoms with Crippen molar-refractivity contribution in [2.24, 2.45) is 0 Å². The van der Waals surface area contributed by atoms with Gasteiger partial charge in [0.2, 0.25) is 0 Å². The topological polar surface area (TPSA) is 31.2 Å². The molecule has 1 aromatic rings. The summed E-state index contributed by atoms with van der Waals surface area (Å²) >= 11 is 0. The minimum absolute atomic E-state index is 0.314. The summed E-state index contributed by atoms with van der Waals surface area (Å²) in [5, 5.41) is 0. The van der Waals surface area contributed by atoms with Gasteiger partial charge in [-0.2, -0.15) is 0 Å². The first-order valence-corrected chi connectivity index (χ1v) is 9.53. The van der Waals surface area contributed by atoms with Crippen LogP contribution in [0, 0.1) is 0 Å². The van der Waals surface area contributed by atoms with E-state index < -0.39 is 0 Å². The van der Waals surface area contributed by atoms with Gasteiger partial charge in [0.05, 0.1) is 7.11 Å². The van der Waals surface area contributed by atoms with Crippen molar-refractivity contribution in [2.75, 3.05) is 7.11 Å². The zero-order valence-electron chi connectivity index (χ0n) is 15.2. The number of aryl methyl sites for hydroxylation is 1. The van der Waals surface area contributed by atoms with Gasteiger partial charge in [0.15, 0.2) is 0 Å². The average Bonchev–Trinajstić information content (AvgIpc) is 3.04. The molecule has 132 valence electrons. The molecule has 0 unspecified atom stereocenters. The summed E-state index contributed by atoms with van der Waals surface area (Å²) in [6, 6.07) is 2.01. The Morgan fingerprint density at radius 2 is 1.43 bits per heavy atom. The number of nitrogens with zero attached hydrogens (tertiary/aromatic N) is 1. The Morgan fingerprint density at radius 3 is 1.96 bits per heavy atom. The van der Waals surface area contributed by atoms with E-state index in [1.807, 2.05) is 12.3 Å². The molecule has 0 radical (unpaired) electrons. The second-order valence-electron chi connectivity index (χ2n) is 6.54. The molecular formula is C20H35NO2. The van der Waals surface area contributed by atoms with Crippen LogP contribution in [0.2, 0.25) is 0 Å². The first-order valence-electron chi connectivity index (χ1n) is 9.53. The van der Waals surface area contributed by atoms with Gasteiger partial charge >= 0.3 is 6.09 Å². The molecule has 0 spiro atoms. The lowest BCUT2D eigenvalue weighted by Gasteiger charge is -2.02. The first-order chi connectivity index (χ1) is 11.3. The van der Waals surface area contributed by atoms with Crippen molar-refractivity contribution < 1.29 is 9.53 Å². The smallest absolute Gasteiger partial charge is 0.417 e. The van der Waals surface area contributed by atoms with E-state index in [-0.39, 0.29) is 6.09 Å². The van der Waals surface area contributed by atoms with Crippen LogP contribution in [0.5, 0.6) is 0 Å². The highest BCUT2D eigenvalue weighted by Crippen LogP contribution is 2.13. The van der Waals surface area contributed by atoms with Crippen LogP contribution < -0.4 is 0 Å². The monoisotopic (exact) mass is 321 g/mol. The van der Waals surface area contributed by atoms with Crippen molar-refractivity contribution in [3.8, 4) is 0 Å². The van der Waals surface area contributed by atoms with Crippen LogP contribution in [0.1, 0.15) is 89.5 Å². The molecule has 0 aliphatic carbocycles. The predicted molar refractivity (Wildman–Crippen MR) is 97.0 cm³/mol. The van der Waals surface area contributed by atoms with Crippen LogP contribution in [0.3, 0.4) is 0 Å². The van der Waals surface area contributed by atoms with Crippen molar-refractivity contribution in [1.82, 2.24) is 4.57 Å². The van der Waals surface area contributed by atoms with Gasteiger partial charge in [-0.1, -0.05) is 77.6 Å². The number of hydrogen-bond donors (Lipinski definition) is 0. The highest BCUT2D eigenvalue weighted by Gasteiger charge is 2.04. The van der Waals surface area contributed by atoms with Crippen LogP contribution in [0.4, 0.5) is 4.79 Å². The number of carbonyl (C=O) groups excluding carboxylic acids is 1. The number of unbranched alkanes of at least 4 members (excludes halogenated alkanes) is 11. The second kappa shape index (κ2) is 13.2. The van der Waals surface area contributed by atoms with Gasteiger partial charge in [-0.15, -0.1) is 0 Å². The van der Waals surface area contributed by atoms with Crippen molar-refractivity contribution in [1.29, 1.82) is 0 Å². The van der Waals surface area contributed by atoms with E-state index >= 15 is 0 Å². The molecule has 0 bridgehead atoms. The maximum Gasteiger partial charge on any atom is 0.417 e. The quantitative estimate of drug-likeness (QED) is 0.397. The fraction of sp³-hybridized carbons (Fsp3) is 0.750. The Labute approximate surface area is 142 Å². The summed E-state index contributed by atoms with van der Waals surface area (Å²) < 4.78 is 6.20. The molecule has 3 heteroatoms. The molecule has 1 aromatic heterocycles. The third-order valence-corrected chi connectivity index (χ3v) is 4.46. The predicted octanol–water partition coefficient (Wildman–Crippen LogP) is 6.35. The Morgan fingerprint density at radius 1 is 0.913 bits per heavy atom. The van der Waals surface area contributed by atoms with Gasteiger partial charge in [-0.05, 0) is 24.5 Å². The summed E-state index contributed by atoms with van der Waals surface area (Å²) in [6.07, 6.45) is 20.9. The maximum atomic E-state index is 11.3. The minimum Gasteiger partial charge on any atom is -0.452 e. The van der Waals surface area contributed by atoms with Crippen molar-refractivity contribution in [3.63, 3.8) is 0 Å². The molecule has 0 fully saturated rings. The molecule has 0 amide bonds. The van der Waals surface area contributed by atoms with E-state index in [1.165, 1.54) is 94.3 Å². The number of methoxy groups -OCH3 is 1. The molecule has 0 saturated carbocycles. The van der Waals surface area contributed by atoms with E-state index in [2.05, 4.69) is 6.92 Å². The molecule has 0 aromatic carbocycles.